The molecule has 0 aliphatic carbocycles. The summed E-state index contributed by atoms with van der Waals surface area (Å²) in [7, 11) is 5.88. The third-order valence-corrected chi connectivity index (χ3v) is 6.13. The van der Waals surface area contributed by atoms with Gasteiger partial charge in [-0.2, -0.15) is 5.10 Å². The molecule has 5 aromatic rings. The Morgan fingerprint density at radius 2 is 1.72 bits per heavy atom. The maximum absolute atomic E-state index is 13.7. The molecule has 0 amide bonds. The fourth-order valence-corrected chi connectivity index (χ4v) is 4.13. The van der Waals surface area contributed by atoms with Crippen molar-refractivity contribution in [1.82, 2.24) is 19.3 Å². The van der Waals surface area contributed by atoms with Crippen LogP contribution in [0, 0.1) is 0 Å². The molecule has 2 aromatic heterocycles. The number of nitrogens with zero attached hydrogens (tertiary/aromatic N) is 4. The Labute approximate surface area is 195 Å². The molecular formula is C24H16BClN4OS. The smallest absolute Gasteiger partial charge is 0.268 e. The van der Waals surface area contributed by atoms with Crippen LogP contribution in [0.2, 0.25) is 5.02 Å². The molecule has 32 heavy (non-hydrogen) atoms. The number of aromatic nitrogens is 4. The van der Waals surface area contributed by atoms with Crippen molar-refractivity contribution in [1.29, 1.82) is 0 Å². The van der Waals surface area contributed by atoms with Crippen LogP contribution in [-0.4, -0.2) is 33.4 Å². The van der Waals surface area contributed by atoms with Crippen molar-refractivity contribution < 1.29 is 0 Å². The van der Waals surface area contributed by atoms with Gasteiger partial charge in [-0.15, -0.1) is 11.8 Å². The lowest BCUT2D eigenvalue weighted by Crippen LogP contribution is -2.22. The Morgan fingerprint density at radius 1 is 0.969 bits per heavy atom. The van der Waals surface area contributed by atoms with E-state index in [0.29, 0.717) is 33.0 Å². The lowest BCUT2D eigenvalue weighted by molar-refractivity contribution is 0.885. The number of rotatable bonds is 4. The number of hydrogen-bond donors (Lipinski definition) is 0. The second-order valence-corrected chi connectivity index (χ2v) is 8.49. The third kappa shape index (κ3) is 3.63. The molecule has 0 atom stereocenters. The van der Waals surface area contributed by atoms with E-state index in [9.17, 15) is 4.79 Å². The molecule has 2 radical (unpaired) electrons. The zero-order chi connectivity index (χ0) is 22.2. The minimum Gasteiger partial charge on any atom is -0.268 e. The molecule has 5 rings (SSSR count). The minimum absolute atomic E-state index is 0.212. The summed E-state index contributed by atoms with van der Waals surface area (Å²) in [6, 6.07) is 22.3. The van der Waals surface area contributed by atoms with Gasteiger partial charge in [-0.25, -0.2) is 9.67 Å². The Hall–Kier alpha value is -3.29. The Bertz CT molecular complexity index is 1490. The normalized spacial score (nSPS) is 11.2. The first kappa shape index (κ1) is 20.6. The molecule has 0 saturated heterocycles. The van der Waals surface area contributed by atoms with Crippen molar-refractivity contribution in [3.63, 3.8) is 0 Å². The zero-order valence-electron chi connectivity index (χ0n) is 17.1. The average molecular weight is 455 g/mol. The van der Waals surface area contributed by atoms with E-state index in [0.717, 1.165) is 16.1 Å². The second kappa shape index (κ2) is 8.33. The fraction of sp³-hybridized carbons (Fsp3) is 0.0417. The predicted octanol–water partition coefficient (Wildman–Crippen LogP) is 4.41. The van der Waals surface area contributed by atoms with Gasteiger partial charge in [0.1, 0.15) is 19.1 Å². The Kier molecular flexibility index (Phi) is 5.37. The fourth-order valence-electron chi connectivity index (χ4n) is 3.55. The van der Waals surface area contributed by atoms with Crippen LogP contribution in [-0.2, 0) is 0 Å². The summed E-state index contributed by atoms with van der Waals surface area (Å²) >= 11 is 7.71. The molecule has 0 unspecified atom stereocenters. The van der Waals surface area contributed by atoms with Crippen LogP contribution in [0.25, 0.3) is 33.8 Å². The molecule has 5 nitrogen and oxygen atoms in total. The van der Waals surface area contributed by atoms with Crippen LogP contribution in [0.4, 0.5) is 0 Å². The van der Waals surface area contributed by atoms with Crippen molar-refractivity contribution in [2.24, 2.45) is 0 Å². The first-order valence-corrected chi connectivity index (χ1v) is 11.4. The van der Waals surface area contributed by atoms with Crippen LogP contribution in [0.1, 0.15) is 0 Å². The summed E-state index contributed by atoms with van der Waals surface area (Å²) in [6.45, 7) is 0. The number of fused-ring (bicyclic) bond motifs is 1. The average Bonchev–Trinajstić information content (AvgIpc) is 3.25. The molecule has 154 valence electrons. The van der Waals surface area contributed by atoms with Gasteiger partial charge in [-0.1, -0.05) is 47.4 Å². The van der Waals surface area contributed by atoms with Crippen molar-refractivity contribution in [3.05, 3.63) is 94.4 Å². The van der Waals surface area contributed by atoms with Crippen LogP contribution >= 0.6 is 23.4 Å². The molecule has 2 heterocycles. The van der Waals surface area contributed by atoms with Gasteiger partial charge in [-0.05, 0) is 48.7 Å². The van der Waals surface area contributed by atoms with Gasteiger partial charge >= 0.3 is 0 Å². The van der Waals surface area contributed by atoms with Gasteiger partial charge in [0.2, 0.25) is 0 Å². The van der Waals surface area contributed by atoms with Gasteiger partial charge in [-0.3, -0.25) is 9.36 Å². The molecule has 0 saturated carbocycles. The van der Waals surface area contributed by atoms with E-state index >= 15 is 0 Å². The summed E-state index contributed by atoms with van der Waals surface area (Å²) < 4.78 is 3.28. The first-order valence-electron chi connectivity index (χ1n) is 9.82. The van der Waals surface area contributed by atoms with Gasteiger partial charge in [0.25, 0.3) is 5.56 Å². The molecule has 0 aliphatic heterocycles. The molecule has 0 N–H and O–H groups in total. The summed E-state index contributed by atoms with van der Waals surface area (Å²) in [4.78, 5) is 19.7. The molecule has 0 bridgehead atoms. The molecule has 0 aliphatic rings. The molecule has 0 spiro atoms. The van der Waals surface area contributed by atoms with E-state index in [-0.39, 0.29) is 5.56 Å². The minimum atomic E-state index is -0.212. The van der Waals surface area contributed by atoms with Gasteiger partial charge in [0.15, 0.2) is 5.65 Å². The maximum Gasteiger partial charge on any atom is 0.269 e. The van der Waals surface area contributed by atoms with Crippen molar-refractivity contribution in [3.8, 4) is 22.8 Å². The van der Waals surface area contributed by atoms with Gasteiger partial charge in [0.05, 0.1) is 17.6 Å². The maximum atomic E-state index is 13.7. The lowest BCUT2D eigenvalue weighted by Gasteiger charge is -2.14. The first-order chi connectivity index (χ1) is 15.5. The van der Waals surface area contributed by atoms with Gasteiger partial charge < -0.3 is 0 Å². The van der Waals surface area contributed by atoms with E-state index in [1.54, 1.807) is 63.6 Å². The number of hydrogen-bond acceptors (Lipinski definition) is 4. The highest BCUT2D eigenvalue weighted by atomic mass is 35.5. The molecule has 3 aromatic carbocycles. The van der Waals surface area contributed by atoms with E-state index in [4.69, 9.17) is 24.4 Å². The molecule has 0 fully saturated rings. The van der Waals surface area contributed by atoms with E-state index < -0.39 is 0 Å². The van der Waals surface area contributed by atoms with Crippen molar-refractivity contribution in [2.45, 2.75) is 4.90 Å². The highest BCUT2D eigenvalue weighted by Gasteiger charge is 2.18. The summed E-state index contributed by atoms with van der Waals surface area (Å²) in [6.07, 6.45) is 3.58. The zero-order valence-corrected chi connectivity index (χ0v) is 18.6. The number of halogens is 1. The second-order valence-electron chi connectivity index (χ2n) is 7.17. The lowest BCUT2D eigenvalue weighted by atomic mass is 9.95. The van der Waals surface area contributed by atoms with Crippen molar-refractivity contribution in [2.75, 3.05) is 6.26 Å². The standard InChI is InChI=1S/C24H16BClN4OS/c1-32-20-4-2-3-19(13-20)30-23-21(14-27-30)24(31)29(18-11-9-17(26)10-12-18)22(28-23)15-5-7-16(25)8-6-15/h2-14H,1H3. The Balaban J connectivity index is 1.82. The van der Waals surface area contributed by atoms with E-state index in [2.05, 4.69) is 5.10 Å². The number of benzene rings is 3. The van der Waals surface area contributed by atoms with E-state index in [1.807, 2.05) is 42.7 Å². The molecular weight excluding hydrogens is 439 g/mol. The Morgan fingerprint density at radius 3 is 2.44 bits per heavy atom. The summed E-state index contributed by atoms with van der Waals surface area (Å²) in [5.74, 6) is 0.493. The van der Waals surface area contributed by atoms with Crippen LogP contribution in [0.5, 0.6) is 0 Å². The van der Waals surface area contributed by atoms with Crippen LogP contribution < -0.4 is 11.0 Å². The summed E-state index contributed by atoms with van der Waals surface area (Å²) in [5, 5.41) is 5.50. The SMILES string of the molecule is [B]c1ccc(-c2nc3c(cnn3-c3cccc(SC)c3)c(=O)n2-c2ccc(Cl)cc2)cc1. The quantitative estimate of drug-likeness (QED) is 0.298. The predicted molar refractivity (Wildman–Crippen MR) is 132 cm³/mol. The molecule has 8 heteroatoms. The van der Waals surface area contributed by atoms with E-state index in [1.165, 1.54) is 0 Å². The van der Waals surface area contributed by atoms with Crippen molar-refractivity contribution >= 4 is 47.7 Å². The van der Waals surface area contributed by atoms with Crippen LogP contribution in [0.15, 0.2) is 88.7 Å². The highest BCUT2D eigenvalue weighted by molar-refractivity contribution is 7.98. The topological polar surface area (TPSA) is 52.7 Å². The highest BCUT2D eigenvalue weighted by Crippen LogP contribution is 2.25. The third-order valence-electron chi connectivity index (χ3n) is 5.15. The number of thioether (sulfide) groups is 1. The van der Waals surface area contributed by atoms with Gasteiger partial charge in [0, 0.05) is 15.5 Å². The van der Waals surface area contributed by atoms with Crippen LogP contribution in [0.3, 0.4) is 0 Å². The largest absolute Gasteiger partial charge is 0.269 e. The monoisotopic (exact) mass is 454 g/mol. The summed E-state index contributed by atoms with van der Waals surface area (Å²) in [5.41, 5.74) is 3.18.